The van der Waals surface area contributed by atoms with E-state index in [0.29, 0.717) is 37.7 Å². The summed E-state index contributed by atoms with van der Waals surface area (Å²) in [5, 5.41) is 3.05. The molecule has 1 aromatic rings. The molecular weight excluding hydrogens is 284 g/mol. The Morgan fingerprint density at radius 2 is 2.21 bits per heavy atom. The summed E-state index contributed by atoms with van der Waals surface area (Å²) in [4.78, 5) is 2.35. The first-order valence-electron chi connectivity index (χ1n) is 6.37. The third-order valence-electron chi connectivity index (χ3n) is 3.07. The number of nitrogens with one attached hydrogen (secondary N) is 1. The van der Waals surface area contributed by atoms with Crippen molar-refractivity contribution in [1.29, 1.82) is 0 Å². The molecule has 19 heavy (non-hydrogen) atoms. The summed E-state index contributed by atoms with van der Waals surface area (Å²) in [6.07, 6.45) is 0.756. The van der Waals surface area contributed by atoms with E-state index in [4.69, 9.17) is 4.74 Å². The number of sulfonamides is 1. The lowest BCUT2D eigenvalue weighted by molar-refractivity contribution is 0.148. The highest BCUT2D eigenvalue weighted by Crippen LogP contribution is 2.28. The van der Waals surface area contributed by atoms with Crippen molar-refractivity contribution in [2.45, 2.75) is 24.8 Å². The van der Waals surface area contributed by atoms with Crippen LogP contribution in [0.25, 0.3) is 0 Å². The highest BCUT2D eigenvalue weighted by atomic mass is 32.2. The maximum Gasteiger partial charge on any atom is 0.244 e. The van der Waals surface area contributed by atoms with Crippen molar-refractivity contribution in [1.82, 2.24) is 9.62 Å². The van der Waals surface area contributed by atoms with Crippen molar-refractivity contribution in [3.05, 3.63) is 15.8 Å². The van der Waals surface area contributed by atoms with Gasteiger partial charge in [0.1, 0.15) is 0 Å². The Morgan fingerprint density at radius 1 is 1.42 bits per heavy atom. The Morgan fingerprint density at radius 3 is 2.95 bits per heavy atom. The van der Waals surface area contributed by atoms with Crippen LogP contribution >= 0.6 is 11.3 Å². The van der Waals surface area contributed by atoms with Crippen molar-refractivity contribution in [2.75, 3.05) is 33.4 Å². The minimum atomic E-state index is -3.38. The molecule has 1 aliphatic heterocycles. The second-order valence-corrected chi connectivity index (χ2v) is 7.78. The van der Waals surface area contributed by atoms with Gasteiger partial charge in [-0.15, -0.1) is 11.3 Å². The Balaban J connectivity index is 2.27. The molecule has 108 valence electrons. The number of ether oxygens (including phenoxy) is 1. The molecule has 0 amide bonds. The molecule has 0 saturated carbocycles. The Labute approximate surface area is 118 Å². The molecule has 5 nitrogen and oxygen atoms in total. The van der Waals surface area contributed by atoms with Crippen LogP contribution in [0.1, 0.15) is 16.2 Å². The van der Waals surface area contributed by atoms with Gasteiger partial charge in [-0.05, 0) is 26.5 Å². The predicted molar refractivity (Wildman–Crippen MR) is 76.0 cm³/mol. The lowest BCUT2D eigenvalue weighted by atomic mass is 10.4. The molecule has 1 N–H and O–H groups in total. The summed E-state index contributed by atoms with van der Waals surface area (Å²) in [5.41, 5.74) is 0. The van der Waals surface area contributed by atoms with Crippen LogP contribution in [-0.4, -0.2) is 46.1 Å². The molecule has 0 atom stereocenters. The molecule has 1 aliphatic rings. The Kier molecular flexibility index (Phi) is 4.97. The lowest BCUT2D eigenvalue weighted by Gasteiger charge is -2.18. The number of rotatable bonds is 4. The fourth-order valence-electron chi connectivity index (χ4n) is 2.14. The SMILES string of the molecule is CNCc1cc(S(=O)(=O)N2CCCOCC2)c(C)s1. The molecule has 0 aromatic carbocycles. The zero-order chi connectivity index (χ0) is 13.9. The molecular formula is C12H20N2O3S2. The highest BCUT2D eigenvalue weighted by molar-refractivity contribution is 7.89. The average Bonchev–Trinajstić information content (AvgIpc) is 2.60. The van der Waals surface area contributed by atoms with E-state index in [2.05, 4.69) is 5.32 Å². The number of nitrogens with zero attached hydrogens (tertiary/aromatic N) is 1. The normalized spacial score (nSPS) is 18.4. The van der Waals surface area contributed by atoms with E-state index in [1.54, 1.807) is 6.07 Å². The van der Waals surface area contributed by atoms with Crippen molar-refractivity contribution >= 4 is 21.4 Å². The van der Waals surface area contributed by atoms with Gasteiger partial charge in [0.2, 0.25) is 10.0 Å². The van der Waals surface area contributed by atoms with Crippen molar-refractivity contribution in [2.24, 2.45) is 0 Å². The van der Waals surface area contributed by atoms with Gasteiger partial charge < -0.3 is 10.1 Å². The molecule has 0 radical (unpaired) electrons. The third-order valence-corrected chi connectivity index (χ3v) is 6.28. The van der Waals surface area contributed by atoms with Crippen LogP contribution in [0, 0.1) is 6.92 Å². The zero-order valence-electron chi connectivity index (χ0n) is 11.3. The average molecular weight is 304 g/mol. The molecule has 0 unspecified atom stereocenters. The number of hydrogen-bond donors (Lipinski definition) is 1. The summed E-state index contributed by atoms with van der Waals surface area (Å²) < 4.78 is 32.1. The molecule has 1 aromatic heterocycles. The first kappa shape index (κ1) is 14.9. The highest BCUT2D eigenvalue weighted by Gasteiger charge is 2.28. The van der Waals surface area contributed by atoms with Crippen LogP contribution in [0.2, 0.25) is 0 Å². The molecule has 0 aliphatic carbocycles. The second kappa shape index (κ2) is 6.32. The Hall–Kier alpha value is -0.470. The van der Waals surface area contributed by atoms with Crippen LogP contribution in [-0.2, 0) is 21.3 Å². The Bertz CT molecular complexity index is 517. The molecule has 1 fully saturated rings. The quantitative estimate of drug-likeness (QED) is 0.908. The first-order valence-corrected chi connectivity index (χ1v) is 8.63. The topological polar surface area (TPSA) is 58.6 Å². The standard InChI is InChI=1S/C12H20N2O3S2/c1-10-12(8-11(18-10)9-13-2)19(15,16)14-4-3-6-17-7-5-14/h8,13H,3-7,9H2,1-2H3. The smallest absolute Gasteiger partial charge is 0.244 e. The van der Waals surface area contributed by atoms with Gasteiger partial charge >= 0.3 is 0 Å². The fourth-order valence-corrected chi connectivity index (χ4v) is 5.22. The molecule has 2 heterocycles. The first-order chi connectivity index (χ1) is 9.05. The lowest BCUT2D eigenvalue weighted by Crippen LogP contribution is -2.33. The van der Waals surface area contributed by atoms with Gasteiger partial charge in [-0.2, -0.15) is 4.31 Å². The van der Waals surface area contributed by atoms with Gasteiger partial charge in [0.05, 0.1) is 11.5 Å². The fraction of sp³-hybridized carbons (Fsp3) is 0.667. The maximum atomic E-state index is 12.6. The van der Waals surface area contributed by atoms with E-state index in [9.17, 15) is 8.42 Å². The molecule has 2 rings (SSSR count). The van der Waals surface area contributed by atoms with Crippen LogP contribution in [0.15, 0.2) is 11.0 Å². The van der Waals surface area contributed by atoms with Gasteiger partial charge in [0, 0.05) is 36.0 Å². The van der Waals surface area contributed by atoms with E-state index in [-0.39, 0.29) is 0 Å². The summed E-state index contributed by atoms with van der Waals surface area (Å²) in [5.74, 6) is 0. The van der Waals surface area contributed by atoms with E-state index in [1.165, 1.54) is 15.6 Å². The van der Waals surface area contributed by atoms with Crippen LogP contribution in [0.4, 0.5) is 0 Å². The van der Waals surface area contributed by atoms with Gasteiger partial charge in [0.25, 0.3) is 0 Å². The largest absolute Gasteiger partial charge is 0.380 e. The van der Waals surface area contributed by atoms with Crippen molar-refractivity contribution in [3.8, 4) is 0 Å². The molecule has 0 spiro atoms. The van der Waals surface area contributed by atoms with Crippen LogP contribution in [0.3, 0.4) is 0 Å². The van der Waals surface area contributed by atoms with Gasteiger partial charge in [-0.3, -0.25) is 0 Å². The minimum Gasteiger partial charge on any atom is -0.380 e. The zero-order valence-corrected chi connectivity index (χ0v) is 12.9. The van der Waals surface area contributed by atoms with E-state index in [0.717, 1.165) is 16.2 Å². The third kappa shape index (κ3) is 3.35. The van der Waals surface area contributed by atoms with Crippen molar-refractivity contribution < 1.29 is 13.2 Å². The summed E-state index contributed by atoms with van der Waals surface area (Å²) >= 11 is 1.54. The molecule has 7 heteroatoms. The summed E-state index contributed by atoms with van der Waals surface area (Å²) in [6.45, 7) is 4.67. The van der Waals surface area contributed by atoms with Crippen molar-refractivity contribution in [3.63, 3.8) is 0 Å². The second-order valence-electron chi connectivity index (χ2n) is 4.53. The minimum absolute atomic E-state index is 0.443. The predicted octanol–water partition coefficient (Wildman–Crippen LogP) is 1.19. The molecule has 1 saturated heterocycles. The van der Waals surface area contributed by atoms with Crippen LogP contribution < -0.4 is 5.32 Å². The van der Waals surface area contributed by atoms with E-state index < -0.39 is 10.0 Å². The number of hydrogen-bond acceptors (Lipinski definition) is 5. The monoisotopic (exact) mass is 304 g/mol. The maximum absolute atomic E-state index is 12.6. The van der Waals surface area contributed by atoms with Crippen LogP contribution in [0.5, 0.6) is 0 Å². The van der Waals surface area contributed by atoms with E-state index >= 15 is 0 Å². The summed E-state index contributed by atoms with van der Waals surface area (Å²) in [6, 6.07) is 1.79. The van der Waals surface area contributed by atoms with E-state index in [1.807, 2.05) is 14.0 Å². The van der Waals surface area contributed by atoms with Gasteiger partial charge in [0.15, 0.2) is 0 Å². The summed E-state index contributed by atoms with van der Waals surface area (Å²) in [7, 11) is -1.52. The van der Waals surface area contributed by atoms with Gasteiger partial charge in [-0.1, -0.05) is 0 Å². The number of aryl methyl sites for hydroxylation is 1. The number of thiophene rings is 1. The van der Waals surface area contributed by atoms with Gasteiger partial charge in [-0.25, -0.2) is 8.42 Å². The molecule has 0 bridgehead atoms.